The molecular formula is C22H24N4O2. The van der Waals surface area contributed by atoms with E-state index >= 15 is 0 Å². The number of hydrogen-bond acceptors (Lipinski definition) is 5. The number of methoxy groups -OCH3 is 1. The molecule has 0 spiro atoms. The molecule has 2 aromatic carbocycles. The van der Waals surface area contributed by atoms with Gasteiger partial charge in [0.1, 0.15) is 11.4 Å². The molecule has 6 heteroatoms. The highest BCUT2D eigenvalue weighted by Gasteiger charge is 2.12. The Morgan fingerprint density at radius 2 is 1.79 bits per heavy atom. The molecule has 0 aliphatic carbocycles. The Balaban J connectivity index is 1.64. The molecule has 0 unspecified atom stereocenters. The lowest BCUT2D eigenvalue weighted by Crippen LogP contribution is -2.17. The molecule has 0 radical (unpaired) electrons. The molecule has 1 aromatic heterocycles. The molecule has 2 N–H and O–H groups in total. The summed E-state index contributed by atoms with van der Waals surface area (Å²) in [6.45, 7) is 4.56. The van der Waals surface area contributed by atoms with Crippen LogP contribution in [0.15, 0.2) is 54.7 Å². The van der Waals surface area contributed by atoms with Crippen LogP contribution in [0.5, 0.6) is 5.75 Å². The van der Waals surface area contributed by atoms with Crippen molar-refractivity contribution < 1.29 is 9.53 Å². The van der Waals surface area contributed by atoms with Crippen molar-refractivity contribution in [2.45, 2.75) is 20.3 Å². The zero-order chi connectivity index (χ0) is 19.9. The van der Waals surface area contributed by atoms with E-state index in [4.69, 9.17) is 4.74 Å². The number of carbonyl (C=O) groups excluding carboxylic acids is 1. The molecule has 144 valence electrons. The summed E-state index contributed by atoms with van der Waals surface area (Å²) >= 11 is 0. The van der Waals surface area contributed by atoms with Gasteiger partial charge in [-0.15, -0.1) is 0 Å². The van der Waals surface area contributed by atoms with Crippen LogP contribution in [-0.2, 0) is 6.42 Å². The Morgan fingerprint density at radius 1 is 1.04 bits per heavy atom. The Kier molecular flexibility index (Phi) is 6.22. The fraction of sp³-hybridized carbons (Fsp3) is 0.227. The molecule has 1 amide bonds. The zero-order valence-electron chi connectivity index (χ0n) is 16.3. The number of hydrogen-bond donors (Lipinski definition) is 2. The number of aryl methyl sites for hydroxylation is 2. The van der Waals surface area contributed by atoms with Crippen LogP contribution in [0.4, 0.5) is 11.6 Å². The highest BCUT2D eigenvalue weighted by molar-refractivity contribution is 6.03. The minimum absolute atomic E-state index is 0.257. The molecule has 0 saturated carbocycles. The van der Waals surface area contributed by atoms with Crippen molar-refractivity contribution in [1.29, 1.82) is 0 Å². The van der Waals surface area contributed by atoms with Crippen molar-refractivity contribution in [3.8, 4) is 5.75 Å². The number of benzene rings is 2. The molecule has 0 aliphatic heterocycles. The standard InChI is InChI=1S/C22H24N4O2/c1-15-7-6-8-16(2)20(15)26-21(27)18-12-14-24-22(25-18)23-13-11-17-9-4-5-10-19(17)28-3/h4-10,12,14H,11,13H2,1-3H3,(H,26,27)(H,23,24,25). The summed E-state index contributed by atoms with van der Waals surface area (Å²) in [5.74, 6) is 1.02. The lowest BCUT2D eigenvalue weighted by molar-refractivity contribution is 0.102. The van der Waals surface area contributed by atoms with Crippen LogP contribution in [0.25, 0.3) is 0 Å². The molecule has 3 aromatic rings. The van der Waals surface area contributed by atoms with Gasteiger partial charge in [0.2, 0.25) is 5.95 Å². The first-order valence-corrected chi connectivity index (χ1v) is 9.15. The van der Waals surface area contributed by atoms with Crippen molar-refractivity contribution in [3.05, 3.63) is 77.1 Å². The number of ether oxygens (including phenoxy) is 1. The lowest BCUT2D eigenvalue weighted by atomic mass is 10.1. The average Bonchev–Trinajstić information content (AvgIpc) is 2.71. The fourth-order valence-electron chi connectivity index (χ4n) is 2.98. The van der Waals surface area contributed by atoms with Crippen molar-refractivity contribution in [2.24, 2.45) is 0 Å². The summed E-state index contributed by atoms with van der Waals surface area (Å²) in [4.78, 5) is 21.1. The third-order valence-corrected chi connectivity index (χ3v) is 4.48. The maximum atomic E-state index is 12.6. The summed E-state index contributed by atoms with van der Waals surface area (Å²) < 4.78 is 5.36. The summed E-state index contributed by atoms with van der Waals surface area (Å²) in [5, 5.41) is 6.11. The highest BCUT2D eigenvalue weighted by Crippen LogP contribution is 2.20. The Bertz CT molecular complexity index is 952. The third kappa shape index (κ3) is 4.65. The second-order valence-corrected chi connectivity index (χ2v) is 6.48. The van der Waals surface area contributed by atoms with E-state index < -0.39 is 0 Å². The minimum Gasteiger partial charge on any atom is -0.496 e. The van der Waals surface area contributed by atoms with Gasteiger partial charge in [-0.25, -0.2) is 9.97 Å². The molecule has 0 atom stereocenters. The quantitative estimate of drug-likeness (QED) is 0.652. The largest absolute Gasteiger partial charge is 0.496 e. The average molecular weight is 376 g/mol. The van der Waals surface area contributed by atoms with Crippen molar-refractivity contribution in [2.75, 3.05) is 24.3 Å². The number of carbonyl (C=O) groups is 1. The maximum absolute atomic E-state index is 12.6. The number of aromatic nitrogens is 2. The molecule has 0 fully saturated rings. The van der Waals surface area contributed by atoms with Crippen LogP contribution in [0.2, 0.25) is 0 Å². The van der Waals surface area contributed by atoms with Crippen LogP contribution in [0.1, 0.15) is 27.2 Å². The second-order valence-electron chi connectivity index (χ2n) is 6.48. The summed E-state index contributed by atoms with van der Waals surface area (Å²) in [6.07, 6.45) is 2.34. The van der Waals surface area contributed by atoms with Gasteiger partial charge in [0.25, 0.3) is 5.91 Å². The number of nitrogens with zero attached hydrogens (tertiary/aromatic N) is 2. The third-order valence-electron chi connectivity index (χ3n) is 4.48. The van der Waals surface area contributed by atoms with Gasteiger partial charge in [-0.05, 0) is 49.1 Å². The molecule has 0 bridgehead atoms. The molecule has 6 nitrogen and oxygen atoms in total. The number of para-hydroxylation sites is 2. The summed E-state index contributed by atoms with van der Waals surface area (Å²) in [6, 6.07) is 15.4. The first-order valence-electron chi connectivity index (χ1n) is 9.15. The van der Waals surface area contributed by atoms with E-state index in [9.17, 15) is 4.79 Å². The van der Waals surface area contributed by atoms with Crippen LogP contribution < -0.4 is 15.4 Å². The van der Waals surface area contributed by atoms with E-state index in [0.717, 1.165) is 34.5 Å². The van der Waals surface area contributed by atoms with E-state index in [1.165, 1.54) is 0 Å². The monoisotopic (exact) mass is 376 g/mol. The topological polar surface area (TPSA) is 76.1 Å². The van der Waals surface area contributed by atoms with Crippen molar-refractivity contribution in [1.82, 2.24) is 9.97 Å². The SMILES string of the molecule is COc1ccccc1CCNc1nccc(C(=O)Nc2c(C)cccc2C)n1. The molecular weight excluding hydrogens is 352 g/mol. The molecule has 1 heterocycles. The first kappa shape index (κ1) is 19.4. The van der Waals surface area contributed by atoms with Crippen LogP contribution in [0.3, 0.4) is 0 Å². The predicted octanol–water partition coefficient (Wildman–Crippen LogP) is 4.01. The van der Waals surface area contributed by atoms with Crippen LogP contribution in [-0.4, -0.2) is 29.5 Å². The number of anilines is 2. The van der Waals surface area contributed by atoms with Crippen LogP contribution >= 0.6 is 0 Å². The van der Waals surface area contributed by atoms with E-state index in [-0.39, 0.29) is 5.91 Å². The van der Waals surface area contributed by atoms with E-state index in [0.29, 0.717) is 18.2 Å². The van der Waals surface area contributed by atoms with E-state index in [1.54, 1.807) is 19.4 Å². The van der Waals surface area contributed by atoms with Gasteiger partial charge in [0.15, 0.2) is 0 Å². The van der Waals surface area contributed by atoms with Gasteiger partial charge in [-0.1, -0.05) is 36.4 Å². The Morgan fingerprint density at radius 3 is 2.54 bits per heavy atom. The summed E-state index contributed by atoms with van der Waals surface area (Å²) in [7, 11) is 1.66. The van der Waals surface area contributed by atoms with E-state index in [1.807, 2.05) is 56.3 Å². The highest BCUT2D eigenvalue weighted by atomic mass is 16.5. The van der Waals surface area contributed by atoms with Gasteiger partial charge >= 0.3 is 0 Å². The van der Waals surface area contributed by atoms with Gasteiger partial charge in [-0.2, -0.15) is 0 Å². The molecule has 0 aliphatic rings. The van der Waals surface area contributed by atoms with Crippen molar-refractivity contribution >= 4 is 17.5 Å². The van der Waals surface area contributed by atoms with Crippen LogP contribution in [0, 0.1) is 13.8 Å². The molecule has 28 heavy (non-hydrogen) atoms. The second kappa shape index (κ2) is 8.99. The van der Waals surface area contributed by atoms with Gasteiger partial charge < -0.3 is 15.4 Å². The Hall–Kier alpha value is -3.41. The molecule has 0 saturated heterocycles. The van der Waals surface area contributed by atoms with Gasteiger partial charge in [-0.3, -0.25) is 4.79 Å². The fourth-order valence-corrected chi connectivity index (χ4v) is 2.98. The lowest BCUT2D eigenvalue weighted by Gasteiger charge is -2.12. The number of nitrogens with one attached hydrogen (secondary N) is 2. The summed E-state index contributed by atoms with van der Waals surface area (Å²) in [5.41, 5.74) is 4.26. The smallest absolute Gasteiger partial charge is 0.274 e. The van der Waals surface area contributed by atoms with Crippen molar-refractivity contribution in [3.63, 3.8) is 0 Å². The number of amides is 1. The zero-order valence-corrected chi connectivity index (χ0v) is 16.3. The number of rotatable bonds is 7. The van der Waals surface area contributed by atoms with Gasteiger partial charge in [0, 0.05) is 18.4 Å². The molecule has 3 rings (SSSR count). The normalized spacial score (nSPS) is 10.4. The van der Waals surface area contributed by atoms with E-state index in [2.05, 4.69) is 20.6 Å². The maximum Gasteiger partial charge on any atom is 0.274 e. The Labute approximate surface area is 165 Å². The minimum atomic E-state index is -0.257. The predicted molar refractivity (Wildman–Crippen MR) is 111 cm³/mol. The first-order chi connectivity index (χ1) is 13.6. The van der Waals surface area contributed by atoms with Gasteiger partial charge in [0.05, 0.1) is 7.11 Å².